The molecule has 5 nitrogen and oxygen atoms in total. The van der Waals surface area contributed by atoms with E-state index in [1.807, 2.05) is 44.4 Å². The summed E-state index contributed by atoms with van der Waals surface area (Å²) in [6, 6.07) is 5.99. The average Bonchev–Trinajstić information content (AvgIpc) is 2.89. The number of aryl methyl sites for hydroxylation is 3. The number of rotatable bonds is 5. The largest absolute Gasteiger partial charge is 0.325 e. The van der Waals surface area contributed by atoms with Gasteiger partial charge in [-0.25, -0.2) is 0 Å². The number of nitrogens with zero attached hydrogens (tertiary/aromatic N) is 3. The first-order valence-corrected chi connectivity index (χ1v) is 7.81. The van der Waals surface area contributed by atoms with Crippen LogP contribution >= 0.6 is 11.8 Å². The minimum atomic E-state index is -0.236. The van der Waals surface area contributed by atoms with Gasteiger partial charge in [0.15, 0.2) is 5.16 Å². The zero-order chi connectivity index (χ0) is 15.4. The second-order valence-corrected chi connectivity index (χ2v) is 6.28. The van der Waals surface area contributed by atoms with Crippen molar-refractivity contribution in [3.63, 3.8) is 0 Å². The van der Waals surface area contributed by atoms with E-state index in [4.69, 9.17) is 0 Å². The molecule has 1 atom stereocenters. The van der Waals surface area contributed by atoms with Crippen molar-refractivity contribution in [3.05, 3.63) is 35.7 Å². The van der Waals surface area contributed by atoms with Gasteiger partial charge in [-0.1, -0.05) is 29.5 Å². The van der Waals surface area contributed by atoms with Crippen molar-refractivity contribution in [3.8, 4) is 0 Å². The van der Waals surface area contributed by atoms with Gasteiger partial charge >= 0.3 is 0 Å². The molecule has 1 amide bonds. The fourth-order valence-electron chi connectivity index (χ4n) is 1.95. The van der Waals surface area contributed by atoms with Crippen molar-refractivity contribution in [2.45, 2.75) is 44.6 Å². The smallest absolute Gasteiger partial charge is 0.237 e. The van der Waals surface area contributed by atoms with Gasteiger partial charge in [0.2, 0.25) is 5.91 Å². The molecule has 0 radical (unpaired) electrons. The van der Waals surface area contributed by atoms with E-state index in [1.54, 1.807) is 6.33 Å². The van der Waals surface area contributed by atoms with Crippen molar-refractivity contribution in [1.82, 2.24) is 14.8 Å². The van der Waals surface area contributed by atoms with Gasteiger partial charge in [-0.05, 0) is 39.3 Å². The summed E-state index contributed by atoms with van der Waals surface area (Å²) in [5.74, 6) is -0.0300. The average molecular weight is 304 g/mol. The summed E-state index contributed by atoms with van der Waals surface area (Å²) in [6.07, 6.45) is 1.68. The Morgan fingerprint density at radius 2 is 2.19 bits per heavy atom. The van der Waals surface area contributed by atoms with Gasteiger partial charge in [-0.3, -0.25) is 4.79 Å². The molecule has 1 N–H and O–H groups in total. The zero-order valence-corrected chi connectivity index (χ0v) is 13.6. The molecule has 0 aliphatic carbocycles. The van der Waals surface area contributed by atoms with E-state index in [0.29, 0.717) is 0 Å². The number of amides is 1. The van der Waals surface area contributed by atoms with E-state index >= 15 is 0 Å². The van der Waals surface area contributed by atoms with Crippen LogP contribution in [0.15, 0.2) is 29.7 Å². The normalized spacial score (nSPS) is 12.2. The molecular formula is C15H20N4OS. The van der Waals surface area contributed by atoms with Crippen LogP contribution in [0.2, 0.25) is 0 Å². The lowest BCUT2D eigenvalue weighted by Crippen LogP contribution is -2.23. The second kappa shape index (κ2) is 6.76. The molecule has 2 rings (SSSR count). The van der Waals surface area contributed by atoms with Crippen LogP contribution in [0, 0.1) is 13.8 Å². The molecule has 0 unspecified atom stereocenters. The van der Waals surface area contributed by atoms with Gasteiger partial charge in [0.05, 0.1) is 5.25 Å². The summed E-state index contributed by atoms with van der Waals surface area (Å²) in [7, 11) is 0. The van der Waals surface area contributed by atoms with E-state index in [1.165, 1.54) is 17.3 Å². The topological polar surface area (TPSA) is 59.8 Å². The summed E-state index contributed by atoms with van der Waals surface area (Å²) in [4.78, 5) is 12.3. The third-order valence-electron chi connectivity index (χ3n) is 3.21. The van der Waals surface area contributed by atoms with Crippen molar-refractivity contribution in [2.24, 2.45) is 0 Å². The van der Waals surface area contributed by atoms with Crippen LogP contribution in [-0.4, -0.2) is 25.9 Å². The third-order valence-corrected chi connectivity index (χ3v) is 4.31. The SMILES string of the molecule is CCn1cnnc1S[C@@H](C)C(=O)Nc1ccc(C)cc1C. The molecule has 0 fully saturated rings. The molecule has 112 valence electrons. The second-order valence-electron chi connectivity index (χ2n) is 4.97. The maximum absolute atomic E-state index is 12.3. The molecule has 0 saturated carbocycles. The van der Waals surface area contributed by atoms with Gasteiger partial charge in [0.25, 0.3) is 0 Å². The fourth-order valence-corrected chi connectivity index (χ4v) is 2.84. The van der Waals surface area contributed by atoms with E-state index in [2.05, 4.69) is 21.6 Å². The Kier molecular flexibility index (Phi) is 5.01. The van der Waals surface area contributed by atoms with Crippen LogP contribution in [0.4, 0.5) is 5.69 Å². The molecular weight excluding hydrogens is 284 g/mol. The lowest BCUT2D eigenvalue weighted by atomic mass is 10.1. The number of carbonyl (C=O) groups excluding carboxylic acids is 1. The van der Waals surface area contributed by atoms with Gasteiger partial charge in [-0.15, -0.1) is 10.2 Å². The number of hydrogen-bond acceptors (Lipinski definition) is 4. The number of aromatic nitrogens is 3. The van der Waals surface area contributed by atoms with Crippen LogP contribution < -0.4 is 5.32 Å². The molecule has 21 heavy (non-hydrogen) atoms. The van der Waals surface area contributed by atoms with Crippen LogP contribution in [0.1, 0.15) is 25.0 Å². The molecule has 0 saturated heterocycles. The number of benzene rings is 1. The zero-order valence-electron chi connectivity index (χ0n) is 12.8. The van der Waals surface area contributed by atoms with Crippen molar-refractivity contribution >= 4 is 23.4 Å². The van der Waals surface area contributed by atoms with E-state index in [0.717, 1.165) is 23.0 Å². The van der Waals surface area contributed by atoms with Gasteiger partial charge in [-0.2, -0.15) is 0 Å². The number of anilines is 1. The highest BCUT2D eigenvalue weighted by Crippen LogP contribution is 2.23. The summed E-state index contributed by atoms with van der Waals surface area (Å²) < 4.78 is 1.92. The quantitative estimate of drug-likeness (QED) is 0.863. The lowest BCUT2D eigenvalue weighted by molar-refractivity contribution is -0.115. The molecule has 0 bridgehead atoms. The lowest BCUT2D eigenvalue weighted by Gasteiger charge is -2.13. The molecule has 1 aromatic carbocycles. The van der Waals surface area contributed by atoms with Gasteiger partial charge in [0.1, 0.15) is 6.33 Å². The first kappa shape index (κ1) is 15.6. The van der Waals surface area contributed by atoms with Crippen LogP contribution in [0.25, 0.3) is 0 Å². The highest BCUT2D eigenvalue weighted by molar-refractivity contribution is 8.00. The first-order valence-electron chi connectivity index (χ1n) is 6.93. The maximum atomic E-state index is 12.3. The minimum Gasteiger partial charge on any atom is -0.325 e. The molecule has 6 heteroatoms. The van der Waals surface area contributed by atoms with Crippen molar-refractivity contribution in [1.29, 1.82) is 0 Å². The van der Waals surface area contributed by atoms with Crippen LogP contribution in [-0.2, 0) is 11.3 Å². The predicted octanol–water partition coefficient (Wildman–Crippen LogP) is 3.03. The molecule has 0 spiro atoms. The number of nitrogens with one attached hydrogen (secondary N) is 1. The molecule has 0 aliphatic rings. The Hall–Kier alpha value is -1.82. The maximum Gasteiger partial charge on any atom is 0.237 e. The summed E-state index contributed by atoms with van der Waals surface area (Å²) in [5, 5.41) is 11.4. The van der Waals surface area contributed by atoms with E-state index < -0.39 is 0 Å². The van der Waals surface area contributed by atoms with E-state index in [9.17, 15) is 4.79 Å². The monoisotopic (exact) mass is 304 g/mol. The Balaban J connectivity index is 2.02. The number of carbonyl (C=O) groups is 1. The Morgan fingerprint density at radius 1 is 1.43 bits per heavy atom. The molecule has 1 aromatic heterocycles. The standard InChI is InChI=1S/C15H20N4OS/c1-5-19-9-16-18-15(19)21-12(4)14(20)17-13-7-6-10(2)8-11(13)3/h6-9,12H,5H2,1-4H3,(H,17,20)/t12-/m0/s1. The third kappa shape index (κ3) is 3.85. The summed E-state index contributed by atoms with van der Waals surface area (Å²) >= 11 is 1.42. The fraction of sp³-hybridized carbons (Fsp3) is 0.400. The Bertz CT molecular complexity index is 638. The van der Waals surface area contributed by atoms with Crippen LogP contribution in [0.5, 0.6) is 0 Å². The highest BCUT2D eigenvalue weighted by Gasteiger charge is 2.18. The van der Waals surface area contributed by atoms with Crippen LogP contribution in [0.3, 0.4) is 0 Å². The van der Waals surface area contributed by atoms with Crippen molar-refractivity contribution in [2.75, 3.05) is 5.32 Å². The Labute approximate surface area is 129 Å². The summed E-state index contributed by atoms with van der Waals surface area (Å²) in [5.41, 5.74) is 3.11. The minimum absolute atomic E-state index is 0.0300. The first-order chi connectivity index (χ1) is 10.0. The predicted molar refractivity (Wildman–Crippen MR) is 85.6 cm³/mol. The van der Waals surface area contributed by atoms with Crippen molar-refractivity contribution < 1.29 is 4.79 Å². The highest BCUT2D eigenvalue weighted by atomic mass is 32.2. The number of thioether (sulfide) groups is 1. The number of hydrogen-bond donors (Lipinski definition) is 1. The molecule has 0 aliphatic heterocycles. The molecule has 2 aromatic rings. The summed E-state index contributed by atoms with van der Waals surface area (Å²) in [6.45, 7) is 8.72. The van der Waals surface area contributed by atoms with E-state index in [-0.39, 0.29) is 11.2 Å². The van der Waals surface area contributed by atoms with Gasteiger partial charge in [0, 0.05) is 12.2 Å². The Morgan fingerprint density at radius 3 is 2.86 bits per heavy atom. The molecule has 1 heterocycles. The van der Waals surface area contributed by atoms with Gasteiger partial charge < -0.3 is 9.88 Å².